The van der Waals surface area contributed by atoms with E-state index in [-0.39, 0.29) is 0 Å². The van der Waals surface area contributed by atoms with Gasteiger partial charge in [0.15, 0.2) is 0 Å². The van der Waals surface area contributed by atoms with Crippen molar-refractivity contribution in [1.82, 2.24) is 5.32 Å². The van der Waals surface area contributed by atoms with Crippen LogP contribution in [0.25, 0.3) is 0 Å². The van der Waals surface area contributed by atoms with Crippen LogP contribution in [0.5, 0.6) is 0 Å². The van der Waals surface area contributed by atoms with Crippen LogP contribution in [0.3, 0.4) is 0 Å². The molecule has 3 nitrogen and oxygen atoms in total. The lowest BCUT2D eigenvalue weighted by atomic mass is 10.0. The van der Waals surface area contributed by atoms with Crippen molar-refractivity contribution in [1.29, 1.82) is 5.26 Å². The minimum atomic E-state index is 0.537. The van der Waals surface area contributed by atoms with Gasteiger partial charge in [0.25, 0.3) is 0 Å². The highest BCUT2D eigenvalue weighted by Gasteiger charge is 2.16. The highest BCUT2D eigenvalue weighted by molar-refractivity contribution is 6.33. The number of anilines is 1. The normalized spacial score (nSPS) is 19.3. The van der Waals surface area contributed by atoms with Crippen molar-refractivity contribution in [3.63, 3.8) is 0 Å². The number of hydrogen-bond donors (Lipinski definition) is 1. The fraction of sp³-hybridized carbons (Fsp3) is 0.500. The molecule has 1 aliphatic rings. The van der Waals surface area contributed by atoms with Gasteiger partial charge in [0, 0.05) is 19.6 Å². The van der Waals surface area contributed by atoms with Gasteiger partial charge in [0.1, 0.15) is 0 Å². The monoisotopic (exact) mass is 263 g/mol. The Kier molecular flexibility index (Phi) is 4.46. The zero-order valence-electron chi connectivity index (χ0n) is 10.6. The molecule has 1 heterocycles. The Morgan fingerprint density at radius 1 is 1.50 bits per heavy atom. The van der Waals surface area contributed by atoms with Gasteiger partial charge in [-0.2, -0.15) is 5.26 Å². The number of likely N-dealkylation sites (N-methyl/N-ethyl adjacent to an activating group) is 1. The summed E-state index contributed by atoms with van der Waals surface area (Å²) in [5, 5.41) is 13.0. The van der Waals surface area contributed by atoms with Gasteiger partial charge in [-0.05, 0) is 37.6 Å². The first kappa shape index (κ1) is 13.2. The number of benzene rings is 1. The smallest absolute Gasteiger partial charge is 0.0992 e. The summed E-state index contributed by atoms with van der Waals surface area (Å²) in [5.74, 6) is 0. The molecule has 1 aromatic carbocycles. The summed E-state index contributed by atoms with van der Waals surface area (Å²) >= 11 is 6.21. The Hall–Kier alpha value is -1.24. The second-order valence-electron chi connectivity index (χ2n) is 4.81. The molecule has 1 aromatic rings. The second-order valence-corrected chi connectivity index (χ2v) is 5.21. The Morgan fingerprint density at radius 3 is 2.94 bits per heavy atom. The highest BCUT2D eigenvalue weighted by Crippen LogP contribution is 2.26. The van der Waals surface area contributed by atoms with Gasteiger partial charge < -0.3 is 10.2 Å². The molecule has 1 saturated heterocycles. The molecule has 18 heavy (non-hydrogen) atoms. The van der Waals surface area contributed by atoms with E-state index >= 15 is 0 Å². The molecule has 0 bridgehead atoms. The number of hydrogen-bond acceptors (Lipinski definition) is 3. The number of halogens is 1. The standard InChI is InChI=1S/C14H18ClN3/c1-18(10-12-4-2-3-7-17-12)14-6-5-11(9-16)8-13(14)15/h5-6,8,12,17H,2-4,7,10H2,1H3. The van der Waals surface area contributed by atoms with Crippen molar-refractivity contribution in [2.24, 2.45) is 0 Å². The maximum absolute atomic E-state index is 8.82. The van der Waals surface area contributed by atoms with E-state index in [1.807, 2.05) is 19.2 Å². The maximum Gasteiger partial charge on any atom is 0.0992 e. The summed E-state index contributed by atoms with van der Waals surface area (Å²) < 4.78 is 0. The van der Waals surface area contributed by atoms with Crippen LogP contribution >= 0.6 is 11.6 Å². The van der Waals surface area contributed by atoms with E-state index < -0.39 is 0 Å². The van der Waals surface area contributed by atoms with Gasteiger partial charge in [-0.25, -0.2) is 0 Å². The van der Waals surface area contributed by atoms with Crippen LogP contribution in [0.2, 0.25) is 5.02 Å². The van der Waals surface area contributed by atoms with Crippen molar-refractivity contribution in [2.45, 2.75) is 25.3 Å². The van der Waals surface area contributed by atoms with E-state index in [2.05, 4.69) is 16.3 Å². The topological polar surface area (TPSA) is 39.1 Å². The third-order valence-corrected chi connectivity index (χ3v) is 3.70. The summed E-state index contributed by atoms with van der Waals surface area (Å²) in [5.41, 5.74) is 1.59. The molecule has 0 aliphatic carbocycles. The molecule has 0 aromatic heterocycles. The molecule has 1 atom stereocenters. The number of nitriles is 1. The first-order valence-electron chi connectivity index (χ1n) is 6.35. The molecular formula is C14H18ClN3. The highest BCUT2D eigenvalue weighted by atomic mass is 35.5. The molecule has 4 heteroatoms. The van der Waals surface area contributed by atoms with Crippen LogP contribution in [0.1, 0.15) is 24.8 Å². The Morgan fingerprint density at radius 2 is 2.33 bits per heavy atom. The fourth-order valence-electron chi connectivity index (χ4n) is 2.39. The van der Waals surface area contributed by atoms with Crippen LogP contribution < -0.4 is 10.2 Å². The minimum Gasteiger partial charge on any atom is -0.372 e. The molecule has 0 amide bonds. The number of rotatable bonds is 3. The molecule has 1 fully saturated rings. The quantitative estimate of drug-likeness (QED) is 0.912. The molecule has 1 N–H and O–H groups in total. The lowest BCUT2D eigenvalue weighted by Gasteiger charge is -2.29. The third kappa shape index (κ3) is 3.16. The zero-order chi connectivity index (χ0) is 13.0. The summed E-state index contributed by atoms with van der Waals surface area (Å²) in [6.45, 7) is 2.06. The van der Waals surface area contributed by atoms with Gasteiger partial charge in [-0.3, -0.25) is 0 Å². The molecular weight excluding hydrogens is 246 g/mol. The van der Waals surface area contributed by atoms with Gasteiger partial charge in [0.05, 0.1) is 22.3 Å². The summed E-state index contributed by atoms with van der Waals surface area (Å²) in [6, 6.07) is 8.09. The summed E-state index contributed by atoms with van der Waals surface area (Å²) in [6.07, 6.45) is 3.79. The van der Waals surface area contributed by atoms with E-state index in [9.17, 15) is 0 Å². The Bertz CT molecular complexity index is 447. The van der Waals surface area contributed by atoms with Crippen LogP contribution in [-0.4, -0.2) is 26.2 Å². The lowest BCUT2D eigenvalue weighted by Crippen LogP contribution is -2.42. The van der Waals surface area contributed by atoms with Crippen LogP contribution in [0, 0.1) is 11.3 Å². The predicted octanol–water partition coefficient (Wildman–Crippen LogP) is 2.79. The first-order chi connectivity index (χ1) is 8.70. The van der Waals surface area contributed by atoms with Crippen molar-refractivity contribution < 1.29 is 0 Å². The van der Waals surface area contributed by atoms with Gasteiger partial charge in [-0.15, -0.1) is 0 Å². The summed E-state index contributed by atoms with van der Waals surface area (Å²) in [4.78, 5) is 2.16. The van der Waals surface area contributed by atoms with Crippen LogP contribution in [0.15, 0.2) is 18.2 Å². The summed E-state index contributed by atoms with van der Waals surface area (Å²) in [7, 11) is 2.05. The van der Waals surface area contributed by atoms with E-state index in [1.54, 1.807) is 6.07 Å². The average Bonchev–Trinajstić information content (AvgIpc) is 2.39. The average molecular weight is 264 g/mol. The second kappa shape index (κ2) is 6.08. The third-order valence-electron chi connectivity index (χ3n) is 3.39. The van der Waals surface area contributed by atoms with Crippen LogP contribution in [-0.2, 0) is 0 Å². The number of piperidine rings is 1. The molecule has 1 aliphatic heterocycles. The molecule has 1 unspecified atom stereocenters. The number of nitrogens with one attached hydrogen (secondary N) is 1. The molecule has 0 spiro atoms. The number of nitrogens with zero attached hydrogens (tertiary/aromatic N) is 2. The largest absolute Gasteiger partial charge is 0.372 e. The Labute approximate surface area is 113 Å². The van der Waals surface area contributed by atoms with E-state index in [4.69, 9.17) is 16.9 Å². The van der Waals surface area contributed by atoms with Gasteiger partial charge in [0.2, 0.25) is 0 Å². The SMILES string of the molecule is CN(CC1CCCCN1)c1ccc(C#N)cc1Cl. The van der Waals surface area contributed by atoms with Crippen molar-refractivity contribution in [3.05, 3.63) is 28.8 Å². The van der Waals surface area contributed by atoms with Gasteiger partial charge >= 0.3 is 0 Å². The fourth-order valence-corrected chi connectivity index (χ4v) is 2.72. The van der Waals surface area contributed by atoms with Crippen molar-refractivity contribution >= 4 is 17.3 Å². The minimum absolute atomic E-state index is 0.537. The lowest BCUT2D eigenvalue weighted by molar-refractivity contribution is 0.403. The van der Waals surface area contributed by atoms with Crippen LogP contribution in [0.4, 0.5) is 5.69 Å². The zero-order valence-corrected chi connectivity index (χ0v) is 11.4. The van der Waals surface area contributed by atoms with Crippen molar-refractivity contribution in [2.75, 3.05) is 25.0 Å². The predicted molar refractivity (Wildman–Crippen MR) is 75.1 cm³/mol. The van der Waals surface area contributed by atoms with Crippen molar-refractivity contribution in [3.8, 4) is 6.07 Å². The molecule has 2 rings (SSSR count). The molecule has 0 radical (unpaired) electrons. The van der Waals surface area contributed by atoms with E-state index in [0.717, 1.165) is 18.8 Å². The Balaban J connectivity index is 2.04. The van der Waals surface area contributed by atoms with Gasteiger partial charge in [-0.1, -0.05) is 18.0 Å². The van der Waals surface area contributed by atoms with E-state index in [0.29, 0.717) is 16.6 Å². The van der Waals surface area contributed by atoms with E-state index in [1.165, 1.54) is 19.3 Å². The molecule has 0 saturated carbocycles. The molecule has 96 valence electrons. The first-order valence-corrected chi connectivity index (χ1v) is 6.72. The maximum atomic E-state index is 8.82.